The Morgan fingerprint density at radius 2 is 2.11 bits per heavy atom. The topological polar surface area (TPSA) is 24.5 Å². The average Bonchev–Trinajstić information content (AvgIpc) is 2.90. The zero-order valence-corrected chi connectivity index (χ0v) is 13.2. The highest BCUT2D eigenvalue weighted by Gasteiger charge is 2.33. The predicted octanol–water partition coefficient (Wildman–Crippen LogP) is 2.51. The lowest BCUT2D eigenvalue weighted by Crippen LogP contribution is -2.61. The molecule has 0 saturated carbocycles. The lowest BCUT2D eigenvalue weighted by Gasteiger charge is -2.45. The molecule has 4 atom stereocenters. The summed E-state index contributed by atoms with van der Waals surface area (Å²) < 4.78 is 5.84. The Balaban J connectivity index is 1.95. The van der Waals surface area contributed by atoms with Crippen LogP contribution in [-0.4, -0.2) is 49.3 Å². The van der Waals surface area contributed by atoms with Crippen molar-refractivity contribution in [2.75, 3.05) is 26.2 Å². The lowest BCUT2D eigenvalue weighted by atomic mass is 9.92. The van der Waals surface area contributed by atoms with Crippen molar-refractivity contribution in [3.8, 4) is 0 Å². The van der Waals surface area contributed by atoms with Crippen LogP contribution < -0.4 is 5.32 Å². The molecule has 112 valence electrons. The van der Waals surface area contributed by atoms with Crippen molar-refractivity contribution < 1.29 is 4.74 Å². The van der Waals surface area contributed by atoms with Crippen molar-refractivity contribution in [1.29, 1.82) is 0 Å². The Hall–Kier alpha value is -0.120. The van der Waals surface area contributed by atoms with Crippen LogP contribution in [0.15, 0.2) is 0 Å². The second-order valence-electron chi connectivity index (χ2n) is 6.80. The highest BCUT2D eigenvalue weighted by atomic mass is 16.5. The minimum absolute atomic E-state index is 0.483. The molecule has 0 bridgehead atoms. The Kier molecular flexibility index (Phi) is 5.67. The number of piperazine rings is 1. The maximum Gasteiger partial charge on any atom is 0.0702 e. The molecular weight excluding hydrogens is 236 g/mol. The molecule has 0 radical (unpaired) electrons. The smallest absolute Gasteiger partial charge is 0.0702 e. The molecule has 3 nitrogen and oxygen atoms in total. The summed E-state index contributed by atoms with van der Waals surface area (Å²) in [7, 11) is 0. The summed E-state index contributed by atoms with van der Waals surface area (Å²) in [5.74, 6) is 1.48. The molecular formula is C16H32N2O. The molecule has 0 aromatic rings. The SMILES string of the molecule is CCC(C)C1CN(CC2CCCO2)C(C(C)C)CN1. The van der Waals surface area contributed by atoms with E-state index in [2.05, 4.69) is 37.9 Å². The van der Waals surface area contributed by atoms with E-state index in [1.54, 1.807) is 0 Å². The van der Waals surface area contributed by atoms with Gasteiger partial charge in [0.2, 0.25) is 0 Å². The van der Waals surface area contributed by atoms with Crippen molar-refractivity contribution in [2.45, 2.75) is 65.1 Å². The van der Waals surface area contributed by atoms with E-state index in [1.165, 1.54) is 25.8 Å². The van der Waals surface area contributed by atoms with Crippen molar-refractivity contribution in [3.05, 3.63) is 0 Å². The van der Waals surface area contributed by atoms with Crippen molar-refractivity contribution >= 4 is 0 Å². The molecule has 2 saturated heterocycles. The minimum Gasteiger partial charge on any atom is -0.377 e. The van der Waals surface area contributed by atoms with Gasteiger partial charge in [0.25, 0.3) is 0 Å². The van der Waals surface area contributed by atoms with Crippen LogP contribution in [0.1, 0.15) is 47.0 Å². The zero-order chi connectivity index (χ0) is 13.8. The van der Waals surface area contributed by atoms with Crippen LogP contribution in [0, 0.1) is 11.8 Å². The van der Waals surface area contributed by atoms with Gasteiger partial charge in [-0.1, -0.05) is 34.1 Å². The number of nitrogens with zero attached hydrogens (tertiary/aromatic N) is 1. The third-order valence-electron chi connectivity index (χ3n) is 5.05. The van der Waals surface area contributed by atoms with Crippen LogP contribution in [0.5, 0.6) is 0 Å². The molecule has 4 unspecified atom stereocenters. The third-order valence-corrected chi connectivity index (χ3v) is 5.05. The van der Waals surface area contributed by atoms with Crippen LogP contribution in [0.4, 0.5) is 0 Å². The van der Waals surface area contributed by atoms with E-state index in [0.717, 1.165) is 25.6 Å². The average molecular weight is 268 g/mol. The van der Waals surface area contributed by atoms with Gasteiger partial charge in [0.05, 0.1) is 6.10 Å². The van der Waals surface area contributed by atoms with E-state index in [-0.39, 0.29) is 0 Å². The first-order valence-electron chi connectivity index (χ1n) is 8.20. The number of ether oxygens (including phenoxy) is 1. The van der Waals surface area contributed by atoms with E-state index in [4.69, 9.17) is 4.74 Å². The summed E-state index contributed by atoms with van der Waals surface area (Å²) in [6.07, 6.45) is 4.25. The fourth-order valence-electron chi connectivity index (χ4n) is 3.44. The summed E-state index contributed by atoms with van der Waals surface area (Å²) in [5, 5.41) is 3.77. The maximum absolute atomic E-state index is 5.84. The zero-order valence-electron chi connectivity index (χ0n) is 13.2. The molecule has 2 heterocycles. The predicted molar refractivity (Wildman–Crippen MR) is 80.4 cm³/mol. The molecule has 1 N–H and O–H groups in total. The van der Waals surface area contributed by atoms with E-state index >= 15 is 0 Å². The second-order valence-corrected chi connectivity index (χ2v) is 6.80. The summed E-state index contributed by atoms with van der Waals surface area (Å²) in [6.45, 7) is 13.8. The fourth-order valence-corrected chi connectivity index (χ4v) is 3.44. The van der Waals surface area contributed by atoms with Crippen LogP contribution in [0.3, 0.4) is 0 Å². The van der Waals surface area contributed by atoms with E-state index in [0.29, 0.717) is 24.1 Å². The van der Waals surface area contributed by atoms with Gasteiger partial charge in [-0.25, -0.2) is 0 Å². The molecule has 0 spiro atoms. The summed E-state index contributed by atoms with van der Waals surface area (Å²) in [5.41, 5.74) is 0. The third kappa shape index (κ3) is 3.93. The Morgan fingerprint density at radius 1 is 1.32 bits per heavy atom. The maximum atomic E-state index is 5.84. The van der Waals surface area contributed by atoms with Gasteiger partial charge in [0.1, 0.15) is 0 Å². The molecule has 0 aromatic carbocycles. The molecule has 0 aliphatic carbocycles. The highest BCUT2D eigenvalue weighted by Crippen LogP contribution is 2.22. The Bertz CT molecular complexity index is 263. The van der Waals surface area contributed by atoms with Gasteiger partial charge in [0, 0.05) is 38.3 Å². The van der Waals surface area contributed by atoms with Gasteiger partial charge < -0.3 is 10.1 Å². The lowest BCUT2D eigenvalue weighted by molar-refractivity contribution is 0.0205. The van der Waals surface area contributed by atoms with Crippen LogP contribution in [-0.2, 0) is 4.74 Å². The van der Waals surface area contributed by atoms with Crippen LogP contribution in [0.2, 0.25) is 0 Å². The standard InChI is InChI=1S/C16H32N2O/c1-5-13(4)15-11-18(10-14-7-6-8-19-14)16(9-17-15)12(2)3/h12-17H,5-11H2,1-4H3. The molecule has 2 rings (SSSR count). The Labute approximate surface area is 119 Å². The van der Waals surface area contributed by atoms with Crippen LogP contribution in [0.25, 0.3) is 0 Å². The fraction of sp³-hybridized carbons (Fsp3) is 1.00. The summed E-state index contributed by atoms with van der Waals surface area (Å²) >= 11 is 0. The van der Waals surface area contributed by atoms with Crippen molar-refractivity contribution in [2.24, 2.45) is 11.8 Å². The molecule has 0 aromatic heterocycles. The molecule has 2 aliphatic heterocycles. The number of nitrogens with one attached hydrogen (secondary N) is 1. The molecule has 19 heavy (non-hydrogen) atoms. The summed E-state index contributed by atoms with van der Waals surface area (Å²) in [6, 6.07) is 1.32. The molecule has 3 heteroatoms. The van der Waals surface area contributed by atoms with Gasteiger partial charge in [-0.3, -0.25) is 4.90 Å². The Morgan fingerprint density at radius 3 is 2.68 bits per heavy atom. The van der Waals surface area contributed by atoms with Gasteiger partial charge in [-0.05, 0) is 24.7 Å². The number of rotatable bonds is 5. The van der Waals surface area contributed by atoms with Crippen LogP contribution >= 0.6 is 0 Å². The number of hydrogen-bond acceptors (Lipinski definition) is 3. The molecule has 2 fully saturated rings. The van der Waals surface area contributed by atoms with Gasteiger partial charge in [-0.15, -0.1) is 0 Å². The number of hydrogen-bond donors (Lipinski definition) is 1. The normalized spacial score (nSPS) is 34.9. The van der Waals surface area contributed by atoms with Crippen molar-refractivity contribution in [3.63, 3.8) is 0 Å². The quantitative estimate of drug-likeness (QED) is 0.829. The van der Waals surface area contributed by atoms with E-state index < -0.39 is 0 Å². The first-order chi connectivity index (χ1) is 9.11. The monoisotopic (exact) mass is 268 g/mol. The first kappa shape index (κ1) is 15.3. The van der Waals surface area contributed by atoms with E-state index in [9.17, 15) is 0 Å². The highest BCUT2D eigenvalue weighted by molar-refractivity contribution is 4.91. The summed E-state index contributed by atoms with van der Waals surface area (Å²) in [4.78, 5) is 2.70. The minimum atomic E-state index is 0.483. The van der Waals surface area contributed by atoms with Crippen molar-refractivity contribution in [1.82, 2.24) is 10.2 Å². The van der Waals surface area contributed by atoms with E-state index in [1.807, 2.05) is 0 Å². The van der Waals surface area contributed by atoms with Gasteiger partial charge in [-0.2, -0.15) is 0 Å². The molecule has 0 amide bonds. The van der Waals surface area contributed by atoms with Gasteiger partial charge >= 0.3 is 0 Å². The largest absolute Gasteiger partial charge is 0.377 e. The molecule has 2 aliphatic rings. The first-order valence-corrected chi connectivity index (χ1v) is 8.20. The van der Waals surface area contributed by atoms with Gasteiger partial charge in [0.15, 0.2) is 0 Å². The second kappa shape index (κ2) is 7.05.